The minimum Gasteiger partial charge on any atom is -0.335 e. The van der Waals surface area contributed by atoms with E-state index in [4.69, 9.17) is 0 Å². The second-order valence-electron chi connectivity index (χ2n) is 7.48. The summed E-state index contributed by atoms with van der Waals surface area (Å²) in [6.07, 6.45) is 9.18. The van der Waals surface area contributed by atoms with Gasteiger partial charge < -0.3 is 10.2 Å². The van der Waals surface area contributed by atoms with Crippen LogP contribution in [-0.4, -0.2) is 53.3 Å². The first-order chi connectivity index (χ1) is 14.1. The van der Waals surface area contributed by atoms with Gasteiger partial charge in [0.15, 0.2) is 0 Å². The lowest BCUT2D eigenvalue weighted by atomic mass is 10.0. The van der Waals surface area contributed by atoms with Gasteiger partial charge >= 0.3 is 0 Å². The van der Waals surface area contributed by atoms with Gasteiger partial charge in [-0.3, -0.25) is 14.5 Å². The Balaban J connectivity index is 1.37. The Morgan fingerprint density at radius 2 is 2.28 bits per heavy atom. The van der Waals surface area contributed by atoms with E-state index >= 15 is 0 Å². The normalized spacial score (nSPS) is 17.6. The molecule has 6 nitrogen and oxygen atoms in total. The Morgan fingerprint density at radius 3 is 3.03 bits per heavy atom. The number of hydrogen-bond acceptors (Lipinski definition) is 5. The molecule has 1 N–H and O–H groups in total. The molecular formula is C22H24N4O2S. The maximum atomic E-state index is 12.6. The van der Waals surface area contributed by atoms with Crippen LogP contribution in [0.4, 0.5) is 5.82 Å². The minimum absolute atomic E-state index is 0.0109. The van der Waals surface area contributed by atoms with Crippen LogP contribution < -0.4 is 5.32 Å². The summed E-state index contributed by atoms with van der Waals surface area (Å²) in [5.41, 5.74) is 3.21. The third-order valence-corrected chi connectivity index (χ3v) is 5.99. The Kier molecular flexibility index (Phi) is 5.87. The summed E-state index contributed by atoms with van der Waals surface area (Å²) in [6, 6.07) is 6.21. The smallest absolute Gasteiger partial charge is 0.246 e. The van der Waals surface area contributed by atoms with Gasteiger partial charge in [-0.15, -0.1) is 11.3 Å². The molecular weight excluding hydrogens is 384 g/mol. The molecule has 2 aromatic heterocycles. The Labute approximate surface area is 174 Å². The molecule has 7 heteroatoms. The van der Waals surface area contributed by atoms with Crippen LogP contribution in [0.3, 0.4) is 0 Å². The molecule has 2 aromatic rings. The van der Waals surface area contributed by atoms with Crippen LogP contribution in [0.25, 0.3) is 6.08 Å². The number of fused-ring (bicyclic) bond motifs is 1. The summed E-state index contributed by atoms with van der Waals surface area (Å²) in [5.74, 6) is 0.549. The molecule has 2 amide bonds. The van der Waals surface area contributed by atoms with Crippen molar-refractivity contribution in [1.29, 1.82) is 0 Å². The fourth-order valence-electron chi connectivity index (χ4n) is 3.60. The van der Waals surface area contributed by atoms with Crippen molar-refractivity contribution in [3.8, 4) is 0 Å². The fraction of sp³-hybridized carbons (Fsp3) is 0.318. The summed E-state index contributed by atoms with van der Waals surface area (Å²) in [6.45, 7) is 2.39. The molecule has 0 unspecified atom stereocenters. The Morgan fingerprint density at radius 1 is 1.38 bits per heavy atom. The van der Waals surface area contributed by atoms with Crippen molar-refractivity contribution in [3.05, 3.63) is 63.5 Å². The minimum atomic E-state index is -0.0613. The molecule has 0 aromatic carbocycles. The molecule has 0 aliphatic carbocycles. The van der Waals surface area contributed by atoms with E-state index in [0.717, 1.165) is 30.5 Å². The van der Waals surface area contributed by atoms with Gasteiger partial charge in [0.25, 0.3) is 0 Å². The number of hydrogen-bond donors (Lipinski definition) is 1. The van der Waals surface area contributed by atoms with Crippen LogP contribution in [0.5, 0.6) is 0 Å². The molecule has 0 radical (unpaired) electrons. The van der Waals surface area contributed by atoms with Crippen molar-refractivity contribution in [2.75, 3.05) is 32.0 Å². The van der Waals surface area contributed by atoms with Crippen LogP contribution in [0.1, 0.15) is 22.4 Å². The predicted molar refractivity (Wildman–Crippen MR) is 116 cm³/mol. The van der Waals surface area contributed by atoms with E-state index in [0.29, 0.717) is 25.5 Å². The molecule has 4 rings (SSSR count). The van der Waals surface area contributed by atoms with Crippen molar-refractivity contribution in [2.45, 2.75) is 19.4 Å². The zero-order valence-corrected chi connectivity index (χ0v) is 17.2. The average molecular weight is 409 g/mol. The highest BCUT2D eigenvalue weighted by molar-refractivity contribution is 7.09. The summed E-state index contributed by atoms with van der Waals surface area (Å²) >= 11 is 1.78. The zero-order valence-electron chi connectivity index (χ0n) is 16.4. The molecule has 4 heterocycles. The SMILES string of the molecule is CN1CC(=O)Nc2ncc(C=CC(=O)N3CC=C(Cc4cccs4)CC3)cc2C1. The van der Waals surface area contributed by atoms with Crippen molar-refractivity contribution >= 4 is 35.0 Å². The number of likely N-dealkylation sites (N-methyl/N-ethyl adjacent to an activating group) is 1. The maximum absolute atomic E-state index is 12.6. The second-order valence-corrected chi connectivity index (χ2v) is 8.52. The van der Waals surface area contributed by atoms with Crippen LogP contribution in [0, 0.1) is 0 Å². The van der Waals surface area contributed by atoms with E-state index in [-0.39, 0.29) is 11.8 Å². The van der Waals surface area contributed by atoms with Crippen LogP contribution in [0.15, 0.2) is 47.5 Å². The van der Waals surface area contributed by atoms with E-state index in [1.54, 1.807) is 29.7 Å². The largest absolute Gasteiger partial charge is 0.335 e. The molecule has 29 heavy (non-hydrogen) atoms. The second kappa shape index (κ2) is 8.71. The summed E-state index contributed by atoms with van der Waals surface area (Å²) in [5, 5.41) is 4.92. The van der Waals surface area contributed by atoms with Crippen molar-refractivity contribution in [1.82, 2.24) is 14.8 Å². The molecule has 2 aliphatic heterocycles. The molecule has 0 atom stereocenters. The van der Waals surface area contributed by atoms with Gasteiger partial charge in [0.05, 0.1) is 6.54 Å². The fourth-order valence-corrected chi connectivity index (χ4v) is 4.36. The first-order valence-corrected chi connectivity index (χ1v) is 10.6. The van der Waals surface area contributed by atoms with Gasteiger partial charge in [-0.2, -0.15) is 0 Å². The number of pyridine rings is 1. The average Bonchev–Trinajstić information content (AvgIpc) is 3.16. The monoisotopic (exact) mass is 408 g/mol. The summed E-state index contributed by atoms with van der Waals surface area (Å²) in [4.78, 5) is 33.9. The lowest BCUT2D eigenvalue weighted by Crippen LogP contribution is -2.33. The van der Waals surface area contributed by atoms with E-state index in [1.807, 2.05) is 22.9 Å². The van der Waals surface area contributed by atoms with Gasteiger partial charge in [-0.1, -0.05) is 17.7 Å². The number of anilines is 1. The highest BCUT2D eigenvalue weighted by Gasteiger charge is 2.18. The quantitative estimate of drug-likeness (QED) is 0.624. The Bertz CT molecular complexity index is 965. The number of carbonyl (C=O) groups excluding carboxylic acids is 2. The number of nitrogens with one attached hydrogen (secondary N) is 1. The van der Waals surface area contributed by atoms with Gasteiger partial charge in [0, 0.05) is 48.8 Å². The first-order valence-electron chi connectivity index (χ1n) is 9.71. The van der Waals surface area contributed by atoms with E-state index in [9.17, 15) is 9.59 Å². The van der Waals surface area contributed by atoms with Gasteiger partial charge in [-0.25, -0.2) is 4.98 Å². The van der Waals surface area contributed by atoms with E-state index < -0.39 is 0 Å². The van der Waals surface area contributed by atoms with Crippen LogP contribution in [-0.2, 0) is 22.6 Å². The Hall–Kier alpha value is -2.77. The number of nitrogens with zero attached hydrogens (tertiary/aromatic N) is 3. The number of thiophene rings is 1. The van der Waals surface area contributed by atoms with Crippen molar-refractivity contribution < 1.29 is 9.59 Å². The van der Waals surface area contributed by atoms with E-state index in [2.05, 4.69) is 33.9 Å². The standard InChI is InChI=1S/C22H24N4O2S/c1-25-14-18-11-17(13-23-22(18)24-20(27)15-25)4-5-21(28)26-8-6-16(7-9-26)12-19-3-2-10-29-19/h2-6,10-11,13H,7-9,12,14-15H2,1H3,(H,23,24,27). The molecule has 0 bridgehead atoms. The molecule has 2 aliphatic rings. The van der Waals surface area contributed by atoms with E-state index in [1.165, 1.54) is 10.5 Å². The lowest BCUT2D eigenvalue weighted by molar-refractivity contribution is -0.125. The molecule has 0 spiro atoms. The first kappa shape index (κ1) is 19.5. The van der Waals surface area contributed by atoms with Crippen LogP contribution in [0.2, 0.25) is 0 Å². The third-order valence-electron chi connectivity index (χ3n) is 5.11. The number of amides is 2. The maximum Gasteiger partial charge on any atom is 0.246 e. The third kappa shape index (κ3) is 4.99. The lowest BCUT2D eigenvalue weighted by Gasteiger charge is -2.25. The van der Waals surface area contributed by atoms with Gasteiger partial charge in [0.2, 0.25) is 11.8 Å². The van der Waals surface area contributed by atoms with Gasteiger partial charge in [-0.05, 0) is 42.6 Å². The number of carbonyl (C=O) groups is 2. The zero-order chi connectivity index (χ0) is 20.2. The highest BCUT2D eigenvalue weighted by atomic mass is 32.1. The molecule has 0 saturated carbocycles. The van der Waals surface area contributed by atoms with Crippen molar-refractivity contribution in [2.24, 2.45) is 0 Å². The van der Waals surface area contributed by atoms with Crippen molar-refractivity contribution in [3.63, 3.8) is 0 Å². The summed E-state index contributed by atoms with van der Waals surface area (Å²) < 4.78 is 0. The molecule has 0 saturated heterocycles. The topological polar surface area (TPSA) is 65.5 Å². The molecule has 150 valence electrons. The highest BCUT2D eigenvalue weighted by Crippen LogP contribution is 2.21. The number of aromatic nitrogens is 1. The summed E-state index contributed by atoms with van der Waals surface area (Å²) in [7, 11) is 1.90. The predicted octanol–water partition coefficient (Wildman–Crippen LogP) is 2.94. The number of rotatable bonds is 4. The van der Waals surface area contributed by atoms with Gasteiger partial charge in [0.1, 0.15) is 5.82 Å². The van der Waals surface area contributed by atoms with Crippen LogP contribution >= 0.6 is 11.3 Å². The molecule has 0 fully saturated rings.